The Morgan fingerprint density at radius 1 is 1.78 bits per heavy atom. The SMILES string of the molecule is C#CC(=O)NO.O=CO. The highest BCUT2D eigenvalue weighted by atomic mass is 16.5. The number of carboxylic acid groups (broad SMARTS) is 1. The van der Waals surface area contributed by atoms with Crippen LogP contribution in [0.1, 0.15) is 0 Å². The van der Waals surface area contributed by atoms with Gasteiger partial charge in [-0.2, -0.15) is 0 Å². The van der Waals surface area contributed by atoms with E-state index in [2.05, 4.69) is 6.42 Å². The summed E-state index contributed by atoms with van der Waals surface area (Å²) in [6.07, 6.45) is 4.46. The summed E-state index contributed by atoms with van der Waals surface area (Å²) in [4.78, 5) is 17.9. The van der Waals surface area contributed by atoms with Gasteiger partial charge in [-0.15, -0.1) is 6.42 Å². The zero-order valence-electron chi connectivity index (χ0n) is 4.37. The van der Waals surface area contributed by atoms with Crippen molar-refractivity contribution in [2.24, 2.45) is 0 Å². The number of nitrogens with one attached hydrogen (secondary N) is 1. The Morgan fingerprint density at radius 3 is 2.11 bits per heavy atom. The lowest BCUT2D eigenvalue weighted by molar-refractivity contribution is -0.123. The van der Waals surface area contributed by atoms with E-state index in [-0.39, 0.29) is 6.47 Å². The second-order valence-electron chi connectivity index (χ2n) is 0.691. The first-order valence-corrected chi connectivity index (χ1v) is 1.71. The molecule has 0 spiro atoms. The number of hydrogen-bond acceptors (Lipinski definition) is 3. The van der Waals surface area contributed by atoms with Crippen LogP contribution in [-0.4, -0.2) is 22.7 Å². The quantitative estimate of drug-likeness (QED) is 0.167. The molecule has 1 amide bonds. The molecule has 0 aliphatic rings. The minimum atomic E-state index is -0.824. The summed E-state index contributed by atoms with van der Waals surface area (Å²) in [7, 11) is 0. The van der Waals surface area contributed by atoms with Crippen LogP contribution in [0.5, 0.6) is 0 Å². The molecule has 0 aromatic rings. The van der Waals surface area contributed by atoms with Crippen LogP contribution < -0.4 is 5.48 Å². The van der Waals surface area contributed by atoms with Crippen LogP contribution in [0.4, 0.5) is 0 Å². The van der Waals surface area contributed by atoms with Crippen molar-refractivity contribution in [3.63, 3.8) is 0 Å². The summed E-state index contributed by atoms with van der Waals surface area (Å²) >= 11 is 0. The lowest BCUT2D eigenvalue weighted by Crippen LogP contribution is -2.14. The molecule has 0 rings (SSSR count). The van der Waals surface area contributed by atoms with Crippen molar-refractivity contribution in [3.8, 4) is 12.3 Å². The molecule has 0 heterocycles. The Kier molecular flexibility index (Phi) is 11.2. The lowest BCUT2D eigenvalue weighted by Gasteiger charge is -1.78. The lowest BCUT2D eigenvalue weighted by atomic mass is 10.7. The second-order valence-corrected chi connectivity index (χ2v) is 0.691. The van der Waals surface area contributed by atoms with Crippen LogP contribution in [0.3, 0.4) is 0 Å². The molecule has 5 nitrogen and oxygen atoms in total. The van der Waals surface area contributed by atoms with E-state index in [1.807, 2.05) is 0 Å². The van der Waals surface area contributed by atoms with Gasteiger partial charge in [-0.3, -0.25) is 14.8 Å². The third-order valence-corrected chi connectivity index (χ3v) is 0.233. The van der Waals surface area contributed by atoms with Crippen LogP contribution in [0, 0.1) is 12.3 Å². The number of amides is 1. The highest BCUT2D eigenvalue weighted by molar-refractivity contribution is 5.91. The number of rotatable bonds is 0. The van der Waals surface area contributed by atoms with Crippen molar-refractivity contribution in [2.75, 3.05) is 0 Å². The normalized spacial score (nSPS) is 5.33. The average molecular weight is 131 g/mol. The highest BCUT2D eigenvalue weighted by Crippen LogP contribution is 1.47. The number of carbonyl (C=O) groups excluding carboxylic acids is 1. The largest absolute Gasteiger partial charge is 0.483 e. The monoisotopic (exact) mass is 131 g/mol. The Labute approximate surface area is 51.3 Å². The molecule has 3 N–H and O–H groups in total. The molecule has 0 aromatic heterocycles. The number of hydroxylamine groups is 1. The average Bonchev–Trinajstić information content (AvgIpc) is 1.88. The second kappa shape index (κ2) is 9.68. The molecule has 50 valence electrons. The predicted octanol–water partition coefficient (Wildman–Crippen LogP) is -1.17. The topological polar surface area (TPSA) is 86.6 Å². The van der Waals surface area contributed by atoms with E-state index >= 15 is 0 Å². The summed E-state index contributed by atoms with van der Waals surface area (Å²) in [5.74, 6) is 0.791. The third-order valence-electron chi connectivity index (χ3n) is 0.233. The van der Waals surface area contributed by atoms with Crippen LogP contribution >= 0.6 is 0 Å². The summed E-state index contributed by atoms with van der Waals surface area (Å²) in [6, 6.07) is 0. The van der Waals surface area contributed by atoms with Gasteiger partial charge in [0.15, 0.2) is 0 Å². The van der Waals surface area contributed by atoms with Gasteiger partial charge in [0.2, 0.25) is 0 Å². The first kappa shape index (κ1) is 10.4. The van der Waals surface area contributed by atoms with Crippen LogP contribution in [0.25, 0.3) is 0 Å². The summed E-state index contributed by atoms with van der Waals surface area (Å²) in [6.45, 7) is -0.250. The van der Waals surface area contributed by atoms with Gasteiger partial charge in [0.25, 0.3) is 6.47 Å². The molecular weight excluding hydrogens is 126 g/mol. The van der Waals surface area contributed by atoms with Crippen molar-refractivity contribution in [3.05, 3.63) is 0 Å². The molecule has 0 fully saturated rings. The summed E-state index contributed by atoms with van der Waals surface area (Å²) < 4.78 is 0. The van der Waals surface area contributed by atoms with E-state index in [1.54, 1.807) is 5.92 Å². The van der Waals surface area contributed by atoms with Gasteiger partial charge >= 0.3 is 5.91 Å². The zero-order chi connectivity index (χ0) is 7.70. The van der Waals surface area contributed by atoms with Gasteiger partial charge in [-0.05, 0) is 5.92 Å². The molecule has 0 atom stereocenters. The number of terminal acetylenes is 1. The maximum atomic E-state index is 9.58. The standard InChI is InChI=1S/C3H3NO2.CH2O2/c1-2-3(5)4-6;2-1-3/h1,6H,(H,4,5);1H,(H,2,3). The molecular formula is C4H5NO4. The Morgan fingerprint density at radius 2 is 2.11 bits per heavy atom. The Hall–Kier alpha value is -1.54. The van der Waals surface area contributed by atoms with E-state index in [0.29, 0.717) is 0 Å². The van der Waals surface area contributed by atoms with E-state index in [0.717, 1.165) is 0 Å². The van der Waals surface area contributed by atoms with Crippen LogP contribution in [0.15, 0.2) is 0 Å². The predicted molar refractivity (Wildman–Crippen MR) is 27.5 cm³/mol. The van der Waals surface area contributed by atoms with Gasteiger partial charge < -0.3 is 5.11 Å². The summed E-state index contributed by atoms with van der Waals surface area (Å²) in [5.41, 5.74) is 1.24. The smallest absolute Gasteiger partial charge is 0.319 e. The molecule has 0 unspecified atom stereocenters. The Bertz CT molecular complexity index is 125. The van der Waals surface area contributed by atoms with Crippen LogP contribution in [-0.2, 0) is 9.59 Å². The highest BCUT2D eigenvalue weighted by Gasteiger charge is 1.81. The molecule has 0 aliphatic heterocycles. The third kappa shape index (κ3) is 21.2. The summed E-state index contributed by atoms with van der Waals surface area (Å²) in [5, 5.41) is 14.5. The number of hydrogen-bond donors (Lipinski definition) is 3. The maximum absolute atomic E-state index is 9.58. The van der Waals surface area contributed by atoms with Crippen LogP contribution in [0.2, 0.25) is 0 Å². The fraction of sp³-hybridized carbons (Fsp3) is 0. The minimum absolute atomic E-state index is 0.250. The van der Waals surface area contributed by atoms with Crippen molar-refractivity contribution < 1.29 is 19.9 Å². The van der Waals surface area contributed by atoms with E-state index in [4.69, 9.17) is 15.1 Å². The first-order valence-electron chi connectivity index (χ1n) is 1.71. The molecule has 0 bridgehead atoms. The Balaban J connectivity index is 0. The molecule has 0 aliphatic carbocycles. The number of carbonyl (C=O) groups is 2. The van der Waals surface area contributed by atoms with Gasteiger partial charge in [0.05, 0.1) is 0 Å². The van der Waals surface area contributed by atoms with Crippen molar-refractivity contribution in [1.82, 2.24) is 5.48 Å². The van der Waals surface area contributed by atoms with Gasteiger partial charge in [0.1, 0.15) is 0 Å². The fourth-order valence-corrected chi connectivity index (χ4v) is 0.0323. The molecule has 0 saturated carbocycles. The first-order chi connectivity index (χ1) is 4.22. The van der Waals surface area contributed by atoms with Gasteiger partial charge in [-0.25, -0.2) is 5.48 Å². The molecule has 0 aromatic carbocycles. The minimum Gasteiger partial charge on any atom is -0.483 e. The van der Waals surface area contributed by atoms with Crippen molar-refractivity contribution >= 4 is 12.4 Å². The molecule has 0 saturated heterocycles. The zero-order valence-corrected chi connectivity index (χ0v) is 4.37. The molecule has 5 heteroatoms. The van der Waals surface area contributed by atoms with Crippen molar-refractivity contribution in [2.45, 2.75) is 0 Å². The van der Waals surface area contributed by atoms with Gasteiger partial charge in [0, 0.05) is 0 Å². The fourth-order valence-electron chi connectivity index (χ4n) is 0.0323. The van der Waals surface area contributed by atoms with E-state index in [1.165, 1.54) is 5.48 Å². The molecule has 9 heavy (non-hydrogen) atoms. The van der Waals surface area contributed by atoms with Gasteiger partial charge in [-0.1, -0.05) is 0 Å². The van der Waals surface area contributed by atoms with E-state index < -0.39 is 5.91 Å². The molecule has 0 radical (unpaired) electrons. The van der Waals surface area contributed by atoms with E-state index in [9.17, 15) is 4.79 Å². The van der Waals surface area contributed by atoms with Crippen molar-refractivity contribution in [1.29, 1.82) is 0 Å². The maximum Gasteiger partial charge on any atom is 0.319 e.